The van der Waals surface area contributed by atoms with Gasteiger partial charge in [-0.15, -0.1) is 0 Å². The highest BCUT2D eigenvalue weighted by Gasteiger charge is 2.32. The molecule has 0 aliphatic carbocycles. The number of carbonyl (C=O) groups excluding carboxylic acids is 2. The molecule has 2 aliphatic rings. The number of rotatable bonds is 5. The van der Waals surface area contributed by atoms with Gasteiger partial charge in [-0.2, -0.15) is 0 Å². The average molecular weight is 361 g/mol. The Morgan fingerprint density at radius 3 is 2.42 bits per heavy atom. The summed E-state index contributed by atoms with van der Waals surface area (Å²) >= 11 is 0. The maximum Gasteiger partial charge on any atom is 0.248 e. The molecule has 2 amide bonds. The van der Waals surface area contributed by atoms with Crippen LogP contribution >= 0.6 is 0 Å². The van der Waals surface area contributed by atoms with Crippen LogP contribution in [0, 0.1) is 5.92 Å². The highest BCUT2D eigenvalue weighted by atomic mass is 16.5. The van der Waals surface area contributed by atoms with Gasteiger partial charge in [0, 0.05) is 58.2 Å². The van der Waals surface area contributed by atoms with E-state index in [-0.39, 0.29) is 30.4 Å². The van der Waals surface area contributed by atoms with E-state index in [0.717, 1.165) is 44.5 Å². The van der Waals surface area contributed by atoms with Crippen LogP contribution in [0.5, 0.6) is 5.75 Å². The third kappa shape index (κ3) is 4.72. The van der Waals surface area contributed by atoms with Crippen LogP contribution in [0.1, 0.15) is 25.7 Å². The van der Waals surface area contributed by atoms with Gasteiger partial charge in [-0.05, 0) is 25.0 Å². The summed E-state index contributed by atoms with van der Waals surface area (Å²) in [5.41, 5.74) is 0. The van der Waals surface area contributed by atoms with Crippen molar-refractivity contribution in [3.63, 3.8) is 0 Å². The number of ether oxygens (including phenoxy) is 2. The number of amides is 2. The summed E-state index contributed by atoms with van der Waals surface area (Å²) in [6.07, 6.45) is 6.73. The second kappa shape index (κ2) is 8.98. The first-order chi connectivity index (χ1) is 12.7. The van der Waals surface area contributed by atoms with Crippen molar-refractivity contribution < 1.29 is 19.1 Å². The summed E-state index contributed by atoms with van der Waals surface area (Å²) in [4.78, 5) is 32.4. The van der Waals surface area contributed by atoms with E-state index >= 15 is 0 Å². The normalized spacial score (nSPS) is 19.4. The molecule has 0 saturated carbocycles. The van der Waals surface area contributed by atoms with E-state index in [4.69, 9.17) is 9.47 Å². The fraction of sp³-hybridized carbons (Fsp3) is 0.632. The molecule has 3 heterocycles. The molecule has 2 aliphatic heterocycles. The quantitative estimate of drug-likeness (QED) is 0.791. The van der Waals surface area contributed by atoms with E-state index < -0.39 is 0 Å². The van der Waals surface area contributed by atoms with Crippen LogP contribution in [0.15, 0.2) is 24.5 Å². The summed E-state index contributed by atoms with van der Waals surface area (Å²) in [6, 6.07) is 3.76. The molecule has 0 spiro atoms. The van der Waals surface area contributed by atoms with Crippen LogP contribution in [-0.2, 0) is 14.3 Å². The minimum Gasteiger partial charge on any atom is -0.489 e. The molecule has 0 unspecified atom stereocenters. The smallest absolute Gasteiger partial charge is 0.248 e. The average Bonchev–Trinajstić information content (AvgIpc) is 2.69. The molecule has 142 valence electrons. The standard InChI is InChI=1S/C19H27N3O4/c1-25-14-18(23)21-9-4-15(5-10-21)19(24)22-11-6-16(7-12-22)26-17-3-2-8-20-13-17/h2-3,8,13,15-16H,4-7,9-12,14H2,1H3. The van der Waals surface area contributed by atoms with E-state index in [1.54, 1.807) is 17.3 Å². The van der Waals surface area contributed by atoms with Crippen molar-refractivity contribution in [1.29, 1.82) is 0 Å². The predicted molar refractivity (Wildman–Crippen MR) is 95.6 cm³/mol. The van der Waals surface area contributed by atoms with Crippen molar-refractivity contribution in [2.24, 2.45) is 5.92 Å². The summed E-state index contributed by atoms with van der Waals surface area (Å²) in [5, 5.41) is 0. The fourth-order valence-corrected chi connectivity index (χ4v) is 3.65. The molecule has 0 aromatic carbocycles. The Morgan fingerprint density at radius 1 is 1.12 bits per heavy atom. The summed E-state index contributed by atoms with van der Waals surface area (Å²) in [6.45, 7) is 2.85. The van der Waals surface area contributed by atoms with Crippen LogP contribution < -0.4 is 4.74 Å². The second-order valence-corrected chi connectivity index (χ2v) is 6.92. The van der Waals surface area contributed by atoms with Gasteiger partial charge >= 0.3 is 0 Å². The first kappa shape index (κ1) is 18.6. The lowest BCUT2D eigenvalue weighted by atomic mass is 9.94. The number of carbonyl (C=O) groups is 2. The number of aromatic nitrogens is 1. The van der Waals surface area contributed by atoms with Crippen LogP contribution in [0.2, 0.25) is 0 Å². The topological polar surface area (TPSA) is 72.0 Å². The monoisotopic (exact) mass is 361 g/mol. The number of piperidine rings is 2. The highest BCUT2D eigenvalue weighted by Crippen LogP contribution is 2.23. The zero-order valence-electron chi connectivity index (χ0n) is 15.3. The third-order valence-electron chi connectivity index (χ3n) is 5.16. The molecule has 0 bridgehead atoms. The van der Waals surface area contributed by atoms with Gasteiger partial charge in [-0.25, -0.2) is 0 Å². The second-order valence-electron chi connectivity index (χ2n) is 6.92. The molecule has 1 aromatic rings. The molecule has 3 rings (SSSR count). The van der Waals surface area contributed by atoms with Crippen LogP contribution in [0.3, 0.4) is 0 Å². The summed E-state index contributed by atoms with van der Waals surface area (Å²) in [7, 11) is 1.52. The number of hydrogen-bond donors (Lipinski definition) is 0. The van der Waals surface area contributed by atoms with Crippen LogP contribution in [0.4, 0.5) is 0 Å². The first-order valence-electron chi connectivity index (χ1n) is 9.29. The fourth-order valence-electron chi connectivity index (χ4n) is 3.65. The molecule has 0 N–H and O–H groups in total. The van der Waals surface area contributed by atoms with Crippen molar-refractivity contribution in [1.82, 2.24) is 14.8 Å². The molecule has 7 nitrogen and oxygen atoms in total. The number of pyridine rings is 1. The maximum absolute atomic E-state index is 12.8. The Balaban J connectivity index is 1.42. The van der Waals surface area contributed by atoms with Gasteiger partial charge in [0.25, 0.3) is 0 Å². The lowest BCUT2D eigenvalue weighted by Crippen LogP contribution is -2.48. The Bertz CT molecular complexity index is 594. The molecular weight excluding hydrogens is 334 g/mol. The Morgan fingerprint density at radius 2 is 1.81 bits per heavy atom. The van der Waals surface area contributed by atoms with E-state index in [9.17, 15) is 9.59 Å². The Kier molecular flexibility index (Phi) is 6.44. The van der Waals surface area contributed by atoms with Gasteiger partial charge in [-0.1, -0.05) is 0 Å². The highest BCUT2D eigenvalue weighted by molar-refractivity contribution is 5.80. The molecule has 0 radical (unpaired) electrons. The minimum absolute atomic E-state index is 0.00626. The summed E-state index contributed by atoms with van der Waals surface area (Å²) < 4.78 is 10.8. The molecule has 2 saturated heterocycles. The number of hydrogen-bond acceptors (Lipinski definition) is 5. The number of likely N-dealkylation sites (tertiary alicyclic amines) is 2. The van der Waals surface area contributed by atoms with Crippen molar-refractivity contribution in [3.05, 3.63) is 24.5 Å². The zero-order valence-corrected chi connectivity index (χ0v) is 15.3. The van der Waals surface area contributed by atoms with Crippen molar-refractivity contribution >= 4 is 11.8 Å². The molecule has 26 heavy (non-hydrogen) atoms. The van der Waals surface area contributed by atoms with E-state index in [0.29, 0.717) is 13.1 Å². The van der Waals surface area contributed by atoms with Crippen molar-refractivity contribution in [2.45, 2.75) is 31.8 Å². The lowest BCUT2D eigenvalue weighted by molar-refractivity contribution is -0.143. The molecule has 1 aromatic heterocycles. The largest absolute Gasteiger partial charge is 0.489 e. The zero-order chi connectivity index (χ0) is 18.4. The third-order valence-corrected chi connectivity index (χ3v) is 5.16. The van der Waals surface area contributed by atoms with Crippen LogP contribution in [0.25, 0.3) is 0 Å². The molecule has 0 atom stereocenters. The van der Waals surface area contributed by atoms with Crippen LogP contribution in [-0.4, -0.2) is 72.6 Å². The SMILES string of the molecule is COCC(=O)N1CCC(C(=O)N2CCC(Oc3cccnc3)CC2)CC1. The molecule has 2 fully saturated rings. The van der Waals surface area contributed by atoms with Gasteiger partial charge in [0.05, 0.1) is 6.20 Å². The maximum atomic E-state index is 12.8. The predicted octanol–water partition coefficient (Wildman–Crippen LogP) is 1.34. The van der Waals surface area contributed by atoms with Gasteiger partial charge in [0.2, 0.25) is 11.8 Å². The number of methoxy groups -OCH3 is 1. The van der Waals surface area contributed by atoms with Crippen molar-refractivity contribution in [3.8, 4) is 5.75 Å². The summed E-state index contributed by atoms with van der Waals surface area (Å²) in [5.74, 6) is 1.04. The van der Waals surface area contributed by atoms with Gasteiger partial charge in [-0.3, -0.25) is 14.6 Å². The van der Waals surface area contributed by atoms with E-state index in [1.807, 2.05) is 17.0 Å². The van der Waals surface area contributed by atoms with E-state index in [1.165, 1.54) is 7.11 Å². The molecular formula is C19H27N3O4. The van der Waals surface area contributed by atoms with E-state index in [2.05, 4.69) is 4.98 Å². The minimum atomic E-state index is 0.00626. The number of nitrogens with zero attached hydrogens (tertiary/aromatic N) is 3. The van der Waals surface area contributed by atoms with Crippen molar-refractivity contribution in [2.75, 3.05) is 39.9 Å². The van der Waals surface area contributed by atoms with Gasteiger partial charge in [0.1, 0.15) is 18.5 Å². The molecule has 7 heteroatoms. The Hall–Kier alpha value is -2.15. The Labute approximate surface area is 154 Å². The lowest BCUT2D eigenvalue weighted by Gasteiger charge is -2.37. The first-order valence-corrected chi connectivity index (χ1v) is 9.29. The van der Waals surface area contributed by atoms with Gasteiger partial charge in [0.15, 0.2) is 0 Å². The van der Waals surface area contributed by atoms with Gasteiger partial charge < -0.3 is 19.3 Å².